The van der Waals surface area contributed by atoms with Crippen LogP contribution in [-0.2, 0) is 10.4 Å². The number of benzene rings is 2. The summed E-state index contributed by atoms with van der Waals surface area (Å²) in [6.07, 6.45) is 0. The van der Waals surface area contributed by atoms with Crippen LogP contribution < -0.4 is 0 Å². The largest absolute Gasteiger partial charge is 0.714 e. The summed E-state index contributed by atoms with van der Waals surface area (Å²) in [5.74, 6) is -1.19. The third-order valence-electron chi connectivity index (χ3n) is 9.33. The van der Waals surface area contributed by atoms with Crippen LogP contribution in [0.25, 0.3) is 0 Å². The highest BCUT2D eigenvalue weighted by Gasteiger charge is 2.61. The minimum atomic E-state index is -1.05. The molecular formula is C28H30N4O6. The smallest absolute Gasteiger partial charge is 0.316 e. The summed E-state index contributed by atoms with van der Waals surface area (Å²) in [5, 5.41) is 53.9. The van der Waals surface area contributed by atoms with Gasteiger partial charge in [-0.3, -0.25) is 19.1 Å². The van der Waals surface area contributed by atoms with E-state index in [0.29, 0.717) is 19.6 Å². The number of nitrogens with zero attached hydrogens (tertiary/aromatic N) is 4. The summed E-state index contributed by atoms with van der Waals surface area (Å²) in [6.45, 7) is 13.4. The molecule has 0 bridgehead atoms. The number of rotatable bonds is 2. The number of hydroxylamine groups is 6. The Hall–Kier alpha value is -3.76. The lowest BCUT2D eigenvalue weighted by molar-refractivity contribution is -0.539. The van der Waals surface area contributed by atoms with Gasteiger partial charge in [-0.15, -0.1) is 0 Å². The number of hydrogen-bond donors (Lipinski definition) is 0. The molecule has 0 aromatic heterocycles. The molecule has 0 N–H and O–H groups in total. The van der Waals surface area contributed by atoms with Crippen molar-refractivity contribution in [3.8, 4) is 0 Å². The Kier molecular flexibility index (Phi) is 5.05. The van der Waals surface area contributed by atoms with Crippen LogP contribution in [-0.4, -0.2) is 65.0 Å². The average Bonchev–Trinajstić information content (AvgIpc) is 3.05. The van der Waals surface area contributed by atoms with E-state index in [-0.39, 0.29) is 45.1 Å². The summed E-state index contributed by atoms with van der Waals surface area (Å²) in [4.78, 5) is 27.0. The number of carbonyl (C=O) groups excluding carboxylic acids is 2. The fourth-order valence-electron chi connectivity index (χ4n) is 5.12. The molecule has 2 aromatic carbocycles. The van der Waals surface area contributed by atoms with Gasteiger partial charge in [-0.05, 0) is 91.8 Å². The number of hydrogen-bond acceptors (Lipinski definition) is 6. The van der Waals surface area contributed by atoms with E-state index >= 15 is 0 Å². The number of carbonyl (C=O) groups is 2. The van der Waals surface area contributed by atoms with Gasteiger partial charge in [0.1, 0.15) is 11.1 Å². The molecule has 0 fully saturated rings. The first-order valence-electron chi connectivity index (χ1n) is 12.4. The van der Waals surface area contributed by atoms with E-state index in [1.807, 2.05) is 0 Å². The zero-order chi connectivity index (χ0) is 28.3. The minimum absolute atomic E-state index is 0.0454. The first kappa shape index (κ1) is 25.9. The molecule has 2 aromatic rings. The van der Waals surface area contributed by atoms with Crippen molar-refractivity contribution in [1.82, 2.24) is 10.1 Å². The second kappa shape index (κ2) is 7.42. The molecule has 1 aliphatic carbocycles. The van der Waals surface area contributed by atoms with Crippen molar-refractivity contribution in [2.24, 2.45) is 0 Å². The fourth-order valence-corrected chi connectivity index (χ4v) is 5.12. The second-order valence-corrected chi connectivity index (χ2v) is 12.2. The molecule has 38 heavy (non-hydrogen) atoms. The van der Waals surface area contributed by atoms with Crippen molar-refractivity contribution in [2.45, 2.75) is 77.5 Å². The number of amidine groups is 2. The van der Waals surface area contributed by atoms with E-state index in [1.54, 1.807) is 55.4 Å². The Morgan fingerprint density at radius 1 is 0.579 bits per heavy atom. The van der Waals surface area contributed by atoms with Gasteiger partial charge in [-0.25, -0.2) is 0 Å². The highest BCUT2D eigenvalue weighted by atomic mass is 16.5. The van der Waals surface area contributed by atoms with Gasteiger partial charge in [-0.2, -0.15) is 0 Å². The van der Waals surface area contributed by atoms with Crippen molar-refractivity contribution in [3.63, 3.8) is 0 Å². The maximum absolute atomic E-state index is 13.7. The van der Waals surface area contributed by atoms with Crippen molar-refractivity contribution in [1.29, 1.82) is 0 Å². The predicted octanol–water partition coefficient (Wildman–Crippen LogP) is 3.41. The Balaban J connectivity index is 1.63. The molecule has 10 nitrogen and oxygen atoms in total. The van der Waals surface area contributed by atoms with Gasteiger partial charge in [0.25, 0.3) is 0 Å². The van der Waals surface area contributed by atoms with E-state index in [2.05, 4.69) is 0 Å². The normalized spacial score (nSPS) is 22.8. The zero-order valence-corrected chi connectivity index (χ0v) is 22.7. The van der Waals surface area contributed by atoms with Gasteiger partial charge in [0, 0.05) is 32.7 Å². The van der Waals surface area contributed by atoms with E-state index in [9.17, 15) is 30.4 Å². The molecule has 0 unspecified atom stereocenters. The molecule has 5 rings (SSSR count). The van der Waals surface area contributed by atoms with Gasteiger partial charge < -0.3 is 10.4 Å². The molecule has 0 spiro atoms. The van der Waals surface area contributed by atoms with Crippen molar-refractivity contribution in [2.75, 3.05) is 0 Å². The standard InChI is InChI=1S/C28H30N4O6/c1-25(2)26(3,4)30(36)23(29(25)35)15-9-11-17-19(13-15)22(34)20-14-16(10-12-18(20)21(17)33)24-31(37)27(5,6)28(7,8)32(24)38/h9-14H,1-8H3. The highest BCUT2D eigenvalue weighted by Crippen LogP contribution is 2.40. The Labute approximate surface area is 220 Å². The maximum atomic E-state index is 13.7. The molecule has 198 valence electrons. The molecule has 2 heterocycles. The summed E-state index contributed by atoms with van der Waals surface area (Å²) < 4.78 is 1.30. The van der Waals surface area contributed by atoms with Crippen LogP contribution in [0.3, 0.4) is 0 Å². The molecular weight excluding hydrogens is 488 g/mol. The summed E-state index contributed by atoms with van der Waals surface area (Å²) in [6, 6.07) is 8.67. The molecule has 10 heteroatoms. The Morgan fingerprint density at radius 3 is 1.18 bits per heavy atom. The molecule has 2 aliphatic heterocycles. The minimum Gasteiger partial charge on any atom is -0.714 e. The molecule has 0 saturated carbocycles. The fraction of sp³-hybridized carbons (Fsp3) is 0.429. The Bertz CT molecular complexity index is 1410. The summed E-state index contributed by atoms with van der Waals surface area (Å²) in [7, 11) is 0. The Morgan fingerprint density at radius 2 is 0.895 bits per heavy atom. The quantitative estimate of drug-likeness (QED) is 0.377. The molecule has 2 radical (unpaired) electrons. The summed E-state index contributed by atoms with van der Waals surface area (Å²) in [5.41, 5.74) is -3.35. The maximum Gasteiger partial charge on any atom is 0.316 e. The molecule has 3 aliphatic rings. The topological polar surface area (TPSA) is 133 Å². The SMILES string of the molecule is CC1(C)N([O])C(c2ccc3c(c2)C(=O)c2cc(C4=[N+]([O-])C(C)(C)C(C)(C)N4[O])ccc2C3=O)=[N+]([O-])C1(C)C. The van der Waals surface area contributed by atoms with E-state index in [4.69, 9.17) is 0 Å². The second-order valence-electron chi connectivity index (χ2n) is 12.2. The van der Waals surface area contributed by atoms with Gasteiger partial charge in [0.15, 0.2) is 22.6 Å². The molecule has 0 saturated heterocycles. The van der Waals surface area contributed by atoms with Gasteiger partial charge in [0.05, 0.1) is 11.1 Å². The molecule has 0 atom stereocenters. The third kappa shape index (κ3) is 2.90. The van der Waals surface area contributed by atoms with Crippen LogP contribution in [0.4, 0.5) is 0 Å². The first-order chi connectivity index (χ1) is 17.4. The van der Waals surface area contributed by atoms with E-state index in [0.717, 1.165) is 0 Å². The van der Waals surface area contributed by atoms with Crippen LogP contribution in [0.5, 0.6) is 0 Å². The average molecular weight is 519 g/mol. The lowest BCUT2D eigenvalue weighted by Gasteiger charge is -2.32. The van der Waals surface area contributed by atoms with Gasteiger partial charge in [-0.1, -0.05) is 10.1 Å². The van der Waals surface area contributed by atoms with Gasteiger partial charge >= 0.3 is 11.7 Å². The van der Waals surface area contributed by atoms with Crippen LogP contribution in [0.15, 0.2) is 36.4 Å². The number of ketones is 2. The lowest BCUT2D eigenvalue weighted by atomic mass is 9.82. The monoisotopic (exact) mass is 518 g/mol. The van der Waals surface area contributed by atoms with Crippen molar-refractivity contribution in [3.05, 3.63) is 80.2 Å². The van der Waals surface area contributed by atoms with Crippen LogP contribution in [0, 0.1) is 10.4 Å². The summed E-state index contributed by atoms with van der Waals surface area (Å²) >= 11 is 0. The van der Waals surface area contributed by atoms with Crippen LogP contribution in [0.1, 0.15) is 98.4 Å². The molecule has 0 amide bonds. The third-order valence-corrected chi connectivity index (χ3v) is 9.33. The lowest BCUT2D eigenvalue weighted by Crippen LogP contribution is -2.53. The first-order valence-corrected chi connectivity index (χ1v) is 12.4. The van der Waals surface area contributed by atoms with Crippen molar-refractivity contribution < 1.29 is 29.5 Å². The van der Waals surface area contributed by atoms with Crippen LogP contribution >= 0.6 is 0 Å². The van der Waals surface area contributed by atoms with Crippen molar-refractivity contribution >= 4 is 23.2 Å². The van der Waals surface area contributed by atoms with Gasteiger partial charge in [0.2, 0.25) is 0 Å². The highest BCUT2D eigenvalue weighted by molar-refractivity contribution is 6.29. The zero-order valence-electron chi connectivity index (χ0n) is 22.7. The van der Waals surface area contributed by atoms with E-state index < -0.39 is 33.7 Å². The predicted molar refractivity (Wildman–Crippen MR) is 137 cm³/mol. The van der Waals surface area contributed by atoms with E-state index in [1.165, 1.54) is 36.4 Å². The number of fused-ring (bicyclic) bond motifs is 2. The van der Waals surface area contributed by atoms with Crippen LogP contribution in [0.2, 0.25) is 0 Å².